The fourth-order valence-electron chi connectivity index (χ4n) is 3.43. The number of carbonyl (C=O) groups excluding carboxylic acids is 1. The number of urea groups is 1. The number of carboxylic acid groups (broad SMARTS) is 1. The molecule has 0 aromatic heterocycles. The van der Waals surface area contributed by atoms with Gasteiger partial charge in [0.2, 0.25) is 0 Å². The molecule has 3 fully saturated rings. The smallest absolute Gasteiger partial charge is 0.329 e. The molecule has 2 amide bonds. The fraction of sp³-hybridized carbons (Fsp3) is 0.857. The predicted molar refractivity (Wildman–Crippen MR) is 73.5 cm³/mol. The largest absolute Gasteiger partial charge is 0.480 e. The molecule has 6 heteroatoms. The number of amides is 2. The Labute approximate surface area is 119 Å². The van der Waals surface area contributed by atoms with Crippen LogP contribution in [-0.4, -0.2) is 64.2 Å². The Hall–Kier alpha value is -1.30. The van der Waals surface area contributed by atoms with Crippen LogP contribution >= 0.6 is 0 Å². The van der Waals surface area contributed by atoms with E-state index < -0.39 is 11.5 Å². The van der Waals surface area contributed by atoms with Crippen molar-refractivity contribution in [3.05, 3.63) is 0 Å². The zero-order valence-electron chi connectivity index (χ0n) is 12.0. The summed E-state index contributed by atoms with van der Waals surface area (Å²) in [5, 5.41) is 11.9. The highest BCUT2D eigenvalue weighted by atomic mass is 16.4. The Bertz CT molecular complexity index is 422. The third-order valence-electron chi connectivity index (χ3n) is 4.95. The first-order valence-corrected chi connectivity index (χ1v) is 7.58. The van der Waals surface area contributed by atoms with Crippen molar-refractivity contribution < 1.29 is 14.7 Å². The van der Waals surface area contributed by atoms with Crippen LogP contribution in [0.2, 0.25) is 0 Å². The third kappa shape index (κ3) is 2.37. The number of rotatable bonds is 2. The lowest BCUT2D eigenvalue weighted by Crippen LogP contribution is -2.63. The van der Waals surface area contributed by atoms with E-state index in [2.05, 4.69) is 10.2 Å². The molecular weight excluding hydrogens is 258 g/mol. The van der Waals surface area contributed by atoms with Gasteiger partial charge in [-0.2, -0.15) is 0 Å². The second-order valence-corrected chi connectivity index (χ2v) is 6.46. The highest BCUT2D eigenvalue weighted by Crippen LogP contribution is 2.36. The Morgan fingerprint density at radius 3 is 2.65 bits per heavy atom. The lowest BCUT2D eigenvalue weighted by Gasteiger charge is -2.47. The molecule has 0 spiro atoms. The summed E-state index contributed by atoms with van der Waals surface area (Å²) in [6, 6.07) is 0.391. The Morgan fingerprint density at radius 2 is 2.00 bits per heavy atom. The Morgan fingerprint density at radius 1 is 1.25 bits per heavy atom. The maximum absolute atomic E-state index is 12.4. The van der Waals surface area contributed by atoms with Crippen LogP contribution in [0.4, 0.5) is 4.79 Å². The molecule has 20 heavy (non-hydrogen) atoms. The van der Waals surface area contributed by atoms with Crippen LogP contribution in [0.5, 0.6) is 0 Å². The van der Waals surface area contributed by atoms with Gasteiger partial charge in [-0.05, 0) is 39.2 Å². The van der Waals surface area contributed by atoms with E-state index in [-0.39, 0.29) is 12.1 Å². The van der Waals surface area contributed by atoms with Crippen molar-refractivity contribution in [1.82, 2.24) is 15.1 Å². The highest BCUT2D eigenvalue weighted by Gasteiger charge is 2.52. The van der Waals surface area contributed by atoms with E-state index in [1.54, 1.807) is 0 Å². The van der Waals surface area contributed by atoms with Crippen LogP contribution in [0.1, 0.15) is 39.0 Å². The minimum absolute atomic E-state index is 0.147. The summed E-state index contributed by atoms with van der Waals surface area (Å²) in [6.45, 7) is 4.80. The molecule has 112 valence electrons. The molecule has 3 rings (SSSR count). The predicted octanol–water partition coefficient (Wildman–Crippen LogP) is 0.872. The van der Waals surface area contributed by atoms with Crippen molar-refractivity contribution in [3.63, 3.8) is 0 Å². The van der Waals surface area contributed by atoms with Crippen LogP contribution < -0.4 is 5.32 Å². The summed E-state index contributed by atoms with van der Waals surface area (Å²) in [5.74, 6) is -0.908. The SMILES string of the molecule is CC1CN2CCCCC2CN1C(=O)NC1(C(=O)O)CC1. The molecule has 2 heterocycles. The molecule has 2 atom stereocenters. The van der Waals surface area contributed by atoms with Crippen molar-refractivity contribution >= 4 is 12.0 Å². The van der Waals surface area contributed by atoms with Gasteiger partial charge in [0.05, 0.1) is 0 Å². The van der Waals surface area contributed by atoms with E-state index in [0.717, 1.165) is 26.1 Å². The normalized spacial score (nSPS) is 32.4. The molecule has 0 radical (unpaired) electrons. The van der Waals surface area contributed by atoms with E-state index in [9.17, 15) is 9.59 Å². The number of carboxylic acids is 1. The van der Waals surface area contributed by atoms with Crippen molar-refractivity contribution in [3.8, 4) is 0 Å². The standard InChI is InChI=1S/C14H23N3O3/c1-10-8-16-7-3-2-4-11(16)9-17(10)13(20)15-14(5-6-14)12(18)19/h10-11H,2-9H2,1H3,(H,15,20)(H,18,19). The summed E-state index contributed by atoms with van der Waals surface area (Å²) >= 11 is 0. The number of hydrogen-bond donors (Lipinski definition) is 2. The van der Waals surface area contributed by atoms with Gasteiger partial charge in [0.15, 0.2) is 0 Å². The number of nitrogens with one attached hydrogen (secondary N) is 1. The minimum atomic E-state index is -0.986. The van der Waals surface area contributed by atoms with E-state index in [1.165, 1.54) is 12.8 Å². The molecule has 1 aliphatic carbocycles. The van der Waals surface area contributed by atoms with Crippen LogP contribution in [-0.2, 0) is 4.79 Å². The minimum Gasteiger partial charge on any atom is -0.480 e. The molecule has 0 bridgehead atoms. The molecule has 2 saturated heterocycles. The monoisotopic (exact) mass is 281 g/mol. The van der Waals surface area contributed by atoms with Gasteiger partial charge in [0, 0.05) is 25.2 Å². The van der Waals surface area contributed by atoms with Crippen LogP contribution in [0.15, 0.2) is 0 Å². The molecular formula is C14H23N3O3. The van der Waals surface area contributed by atoms with Gasteiger partial charge >= 0.3 is 12.0 Å². The summed E-state index contributed by atoms with van der Waals surface area (Å²) in [4.78, 5) is 27.8. The number of aliphatic carboxylic acids is 1. The Balaban J connectivity index is 1.64. The number of piperazine rings is 1. The third-order valence-corrected chi connectivity index (χ3v) is 4.95. The molecule has 6 nitrogen and oxygen atoms in total. The van der Waals surface area contributed by atoms with E-state index >= 15 is 0 Å². The molecule has 3 aliphatic rings. The Kier molecular flexibility index (Phi) is 3.36. The summed E-state index contributed by atoms with van der Waals surface area (Å²) in [5.41, 5.74) is -0.986. The summed E-state index contributed by atoms with van der Waals surface area (Å²) < 4.78 is 0. The fourth-order valence-corrected chi connectivity index (χ4v) is 3.43. The van der Waals surface area contributed by atoms with Gasteiger partial charge in [-0.1, -0.05) is 6.42 Å². The number of hydrogen-bond acceptors (Lipinski definition) is 3. The average molecular weight is 281 g/mol. The summed E-state index contributed by atoms with van der Waals surface area (Å²) in [6.07, 6.45) is 4.71. The average Bonchev–Trinajstić information content (AvgIpc) is 3.18. The topological polar surface area (TPSA) is 72.9 Å². The number of piperidine rings is 1. The van der Waals surface area contributed by atoms with Crippen molar-refractivity contribution in [2.45, 2.75) is 56.7 Å². The van der Waals surface area contributed by atoms with Gasteiger partial charge in [-0.25, -0.2) is 9.59 Å². The molecule has 2 aliphatic heterocycles. The second kappa shape index (κ2) is 4.91. The number of nitrogens with zero attached hydrogens (tertiary/aromatic N) is 2. The second-order valence-electron chi connectivity index (χ2n) is 6.46. The first kappa shape index (κ1) is 13.7. The van der Waals surface area contributed by atoms with Gasteiger partial charge in [0.1, 0.15) is 5.54 Å². The van der Waals surface area contributed by atoms with E-state index in [1.807, 2.05) is 11.8 Å². The number of carbonyl (C=O) groups is 2. The van der Waals surface area contributed by atoms with Crippen molar-refractivity contribution in [1.29, 1.82) is 0 Å². The summed E-state index contributed by atoms with van der Waals surface area (Å²) in [7, 11) is 0. The van der Waals surface area contributed by atoms with Gasteiger partial charge in [0.25, 0.3) is 0 Å². The van der Waals surface area contributed by atoms with E-state index in [0.29, 0.717) is 18.9 Å². The van der Waals surface area contributed by atoms with Crippen LogP contribution in [0, 0.1) is 0 Å². The highest BCUT2D eigenvalue weighted by molar-refractivity contribution is 5.89. The quantitative estimate of drug-likeness (QED) is 0.788. The lowest BCUT2D eigenvalue weighted by molar-refractivity contribution is -0.140. The number of fused-ring (bicyclic) bond motifs is 1. The maximum atomic E-state index is 12.4. The molecule has 2 N–H and O–H groups in total. The van der Waals surface area contributed by atoms with Crippen molar-refractivity contribution in [2.24, 2.45) is 0 Å². The van der Waals surface area contributed by atoms with Crippen LogP contribution in [0.25, 0.3) is 0 Å². The van der Waals surface area contributed by atoms with Gasteiger partial charge in [-0.15, -0.1) is 0 Å². The zero-order valence-corrected chi connectivity index (χ0v) is 12.0. The van der Waals surface area contributed by atoms with Gasteiger partial charge < -0.3 is 15.3 Å². The molecule has 2 unspecified atom stereocenters. The molecule has 0 aromatic rings. The first-order valence-electron chi connectivity index (χ1n) is 7.58. The maximum Gasteiger partial charge on any atom is 0.329 e. The van der Waals surface area contributed by atoms with Crippen LogP contribution in [0.3, 0.4) is 0 Å². The van der Waals surface area contributed by atoms with E-state index in [4.69, 9.17) is 5.11 Å². The van der Waals surface area contributed by atoms with Gasteiger partial charge in [-0.3, -0.25) is 4.90 Å². The first-order chi connectivity index (χ1) is 9.52. The zero-order chi connectivity index (χ0) is 14.3. The lowest BCUT2D eigenvalue weighted by atomic mass is 9.97. The van der Waals surface area contributed by atoms with Crippen molar-refractivity contribution in [2.75, 3.05) is 19.6 Å². The molecule has 1 saturated carbocycles. The molecule has 0 aromatic carbocycles.